The van der Waals surface area contributed by atoms with Crippen LogP contribution in [0.4, 0.5) is 5.69 Å². The summed E-state index contributed by atoms with van der Waals surface area (Å²) in [6.45, 7) is 1.89. The average molecular weight is 255 g/mol. The maximum Gasteiger partial charge on any atom is 0.219 e. The van der Waals surface area contributed by atoms with E-state index in [9.17, 15) is 10.0 Å². The van der Waals surface area contributed by atoms with Crippen LogP contribution in [-0.4, -0.2) is 10.1 Å². The van der Waals surface area contributed by atoms with Gasteiger partial charge in [0, 0.05) is 9.86 Å². The van der Waals surface area contributed by atoms with Gasteiger partial charge >= 0.3 is 0 Å². The van der Waals surface area contributed by atoms with Crippen LogP contribution in [0.15, 0.2) is 21.8 Å². The lowest BCUT2D eigenvalue weighted by Crippen LogP contribution is -1.77. The Hall–Kier alpha value is -1.36. The van der Waals surface area contributed by atoms with E-state index in [1.165, 1.54) is 0 Å². The Balaban J connectivity index is 2.93. The van der Waals surface area contributed by atoms with Crippen molar-refractivity contribution < 1.29 is 5.11 Å². The molecule has 2 rings (SSSR count). The summed E-state index contributed by atoms with van der Waals surface area (Å²) in [4.78, 5) is 13.2. The molecule has 2 N–H and O–H groups in total. The van der Waals surface area contributed by atoms with Gasteiger partial charge in [-0.1, -0.05) is 15.9 Å². The highest BCUT2D eigenvalue weighted by Gasteiger charge is 2.13. The highest BCUT2D eigenvalue weighted by Crippen LogP contribution is 2.38. The second-order valence-corrected chi connectivity index (χ2v) is 3.86. The molecule has 1 aromatic carbocycles. The summed E-state index contributed by atoms with van der Waals surface area (Å²) in [5.41, 5.74) is 1.73. The zero-order chi connectivity index (χ0) is 10.3. The van der Waals surface area contributed by atoms with Crippen LogP contribution in [-0.2, 0) is 0 Å². The second kappa shape index (κ2) is 3.09. The van der Waals surface area contributed by atoms with Crippen LogP contribution in [0.5, 0.6) is 5.88 Å². The van der Waals surface area contributed by atoms with E-state index in [2.05, 4.69) is 26.1 Å². The van der Waals surface area contributed by atoms with E-state index >= 15 is 0 Å². The number of aromatic amines is 1. The Kier molecular flexibility index (Phi) is 2.03. The van der Waals surface area contributed by atoms with Gasteiger partial charge in [-0.05, 0) is 29.8 Å². The van der Waals surface area contributed by atoms with Crippen molar-refractivity contribution in [2.75, 3.05) is 0 Å². The Morgan fingerprint density at radius 1 is 1.50 bits per heavy atom. The van der Waals surface area contributed by atoms with Crippen molar-refractivity contribution in [2.24, 2.45) is 5.18 Å². The minimum Gasteiger partial charge on any atom is -0.493 e. The molecular formula is C9H7BrN2O2. The summed E-state index contributed by atoms with van der Waals surface area (Å²) >= 11 is 3.36. The number of halogens is 1. The Labute approximate surface area is 88.0 Å². The Bertz CT molecular complexity index is 519. The number of aromatic nitrogens is 1. The molecule has 72 valence electrons. The van der Waals surface area contributed by atoms with Gasteiger partial charge < -0.3 is 10.1 Å². The number of aromatic hydroxyl groups is 1. The van der Waals surface area contributed by atoms with Crippen LogP contribution < -0.4 is 0 Å². The van der Waals surface area contributed by atoms with Crippen molar-refractivity contribution >= 4 is 32.5 Å². The molecule has 1 aromatic heterocycles. The number of rotatable bonds is 1. The molecule has 14 heavy (non-hydrogen) atoms. The fourth-order valence-electron chi connectivity index (χ4n) is 1.44. The lowest BCUT2D eigenvalue weighted by Gasteiger charge is -1.98. The van der Waals surface area contributed by atoms with Crippen LogP contribution >= 0.6 is 15.9 Å². The van der Waals surface area contributed by atoms with Crippen LogP contribution in [0, 0.1) is 11.8 Å². The molecule has 0 aliphatic rings. The molecule has 0 radical (unpaired) electrons. The van der Waals surface area contributed by atoms with E-state index in [4.69, 9.17) is 0 Å². The summed E-state index contributed by atoms with van der Waals surface area (Å²) in [6, 6.07) is 3.55. The maximum absolute atomic E-state index is 10.5. The number of nitroso groups, excluding NO2 is 1. The molecule has 0 fully saturated rings. The number of nitrogens with zero attached hydrogens (tertiary/aromatic N) is 1. The monoisotopic (exact) mass is 254 g/mol. The molecule has 4 nitrogen and oxygen atoms in total. The van der Waals surface area contributed by atoms with Crippen molar-refractivity contribution in [3.8, 4) is 5.88 Å². The minimum absolute atomic E-state index is 0.0654. The topological polar surface area (TPSA) is 65.4 Å². The molecule has 0 bridgehead atoms. The zero-order valence-electron chi connectivity index (χ0n) is 7.34. The number of nitrogens with one attached hydrogen (secondary N) is 1. The van der Waals surface area contributed by atoms with Crippen LogP contribution in [0.2, 0.25) is 0 Å². The van der Waals surface area contributed by atoms with Crippen LogP contribution in [0.25, 0.3) is 10.9 Å². The first-order valence-electron chi connectivity index (χ1n) is 3.98. The van der Waals surface area contributed by atoms with Gasteiger partial charge in [-0.2, -0.15) is 0 Å². The summed E-state index contributed by atoms with van der Waals surface area (Å²) < 4.78 is 0.920. The largest absolute Gasteiger partial charge is 0.493 e. The lowest BCUT2D eigenvalue weighted by molar-refractivity contribution is 0.460. The minimum atomic E-state index is -0.184. The number of hydrogen-bond donors (Lipinski definition) is 2. The van der Waals surface area contributed by atoms with E-state index < -0.39 is 0 Å². The first-order chi connectivity index (χ1) is 6.65. The summed E-state index contributed by atoms with van der Waals surface area (Å²) in [5, 5.41) is 12.8. The zero-order valence-corrected chi connectivity index (χ0v) is 8.92. The van der Waals surface area contributed by atoms with E-state index in [0.29, 0.717) is 5.39 Å². The van der Waals surface area contributed by atoms with Crippen molar-refractivity contribution in [3.05, 3.63) is 27.1 Å². The Morgan fingerprint density at radius 3 is 2.86 bits per heavy atom. The van der Waals surface area contributed by atoms with Crippen molar-refractivity contribution in [3.63, 3.8) is 0 Å². The third kappa shape index (κ3) is 1.13. The molecule has 0 saturated carbocycles. The molecular weight excluding hydrogens is 248 g/mol. The third-order valence-corrected chi connectivity index (χ3v) is 3.07. The summed E-state index contributed by atoms with van der Waals surface area (Å²) in [7, 11) is 0. The fraction of sp³-hybridized carbons (Fsp3) is 0.111. The molecule has 1 heterocycles. The predicted octanol–water partition coefficient (Wildman–Crippen LogP) is 3.34. The smallest absolute Gasteiger partial charge is 0.219 e. The van der Waals surface area contributed by atoms with Gasteiger partial charge in [0.2, 0.25) is 5.88 Å². The normalized spacial score (nSPS) is 10.7. The lowest BCUT2D eigenvalue weighted by atomic mass is 10.1. The van der Waals surface area contributed by atoms with E-state index in [0.717, 1.165) is 15.6 Å². The van der Waals surface area contributed by atoms with Gasteiger partial charge in [-0.25, -0.2) is 0 Å². The van der Waals surface area contributed by atoms with Crippen molar-refractivity contribution in [1.82, 2.24) is 4.98 Å². The highest BCUT2D eigenvalue weighted by atomic mass is 79.9. The molecule has 2 aromatic rings. The number of hydrogen-bond acceptors (Lipinski definition) is 3. The van der Waals surface area contributed by atoms with E-state index in [1.807, 2.05) is 13.0 Å². The van der Waals surface area contributed by atoms with Crippen molar-refractivity contribution in [2.45, 2.75) is 6.92 Å². The fourth-order valence-corrected chi connectivity index (χ4v) is 1.77. The predicted molar refractivity (Wildman–Crippen MR) is 57.9 cm³/mol. The molecule has 0 spiro atoms. The van der Waals surface area contributed by atoms with Crippen LogP contribution in [0.3, 0.4) is 0 Å². The van der Waals surface area contributed by atoms with Crippen LogP contribution in [0.1, 0.15) is 5.56 Å². The summed E-state index contributed by atoms with van der Waals surface area (Å²) in [5.74, 6) is -0.184. The molecule has 0 atom stereocenters. The SMILES string of the molecule is Cc1c(Br)ccc2c(N=O)c(O)[nH]c12. The number of fused-ring (bicyclic) bond motifs is 1. The second-order valence-electron chi connectivity index (χ2n) is 3.01. The average Bonchev–Trinajstić information content (AvgIpc) is 2.49. The third-order valence-electron chi connectivity index (χ3n) is 2.21. The quantitative estimate of drug-likeness (QED) is 0.767. The van der Waals surface area contributed by atoms with E-state index in [1.54, 1.807) is 6.07 Å². The van der Waals surface area contributed by atoms with Gasteiger partial charge in [0.05, 0.1) is 5.52 Å². The highest BCUT2D eigenvalue weighted by molar-refractivity contribution is 9.10. The van der Waals surface area contributed by atoms with Gasteiger partial charge in [-0.15, -0.1) is 4.91 Å². The first kappa shape index (κ1) is 9.21. The number of H-pyrrole nitrogens is 1. The van der Waals surface area contributed by atoms with Gasteiger partial charge in [-0.3, -0.25) is 0 Å². The standard InChI is InChI=1S/C9H7BrN2O2/c1-4-6(10)3-2-5-7(4)11-9(13)8(5)12-14/h2-3,11,13H,1H3. The Morgan fingerprint density at radius 2 is 2.21 bits per heavy atom. The molecule has 0 saturated heterocycles. The molecule has 0 unspecified atom stereocenters. The van der Waals surface area contributed by atoms with Gasteiger partial charge in [0.1, 0.15) is 0 Å². The van der Waals surface area contributed by atoms with E-state index in [-0.39, 0.29) is 11.6 Å². The van der Waals surface area contributed by atoms with Crippen molar-refractivity contribution in [1.29, 1.82) is 0 Å². The maximum atomic E-state index is 10.5. The molecule has 5 heteroatoms. The van der Waals surface area contributed by atoms with Gasteiger partial charge in [0.25, 0.3) is 0 Å². The molecule has 0 aliphatic heterocycles. The first-order valence-corrected chi connectivity index (χ1v) is 4.77. The number of benzene rings is 1. The van der Waals surface area contributed by atoms with Gasteiger partial charge in [0.15, 0.2) is 5.69 Å². The molecule has 0 amide bonds. The summed E-state index contributed by atoms with van der Waals surface area (Å²) in [6.07, 6.45) is 0. The molecule has 0 aliphatic carbocycles. The number of aryl methyl sites for hydroxylation is 1.